The van der Waals surface area contributed by atoms with E-state index in [1.54, 1.807) is 0 Å². The summed E-state index contributed by atoms with van der Waals surface area (Å²) in [6.07, 6.45) is 10.2. The fraction of sp³-hybridized carbons (Fsp3) is 0.414. The van der Waals surface area contributed by atoms with Gasteiger partial charge in [0.1, 0.15) is 11.5 Å². The Bertz CT molecular complexity index is 1290. The number of benzene rings is 1. The van der Waals surface area contributed by atoms with Crippen molar-refractivity contribution in [2.24, 2.45) is 0 Å². The molecule has 0 amide bonds. The molecule has 0 unspecified atom stereocenters. The van der Waals surface area contributed by atoms with Gasteiger partial charge in [-0.1, -0.05) is 43.5 Å². The Morgan fingerprint density at radius 2 is 1.81 bits per heavy atom. The Hall–Kier alpha value is -3.32. The summed E-state index contributed by atoms with van der Waals surface area (Å²) in [5, 5.41) is 3.16. The van der Waals surface area contributed by atoms with Crippen molar-refractivity contribution in [1.29, 1.82) is 0 Å². The molecule has 6 rings (SSSR count). The van der Waals surface area contributed by atoms with Gasteiger partial charge in [0.2, 0.25) is 5.95 Å². The maximum atomic E-state index is 14.9. The number of fused-ring (bicyclic) bond motifs is 2. The Kier molecular flexibility index (Phi) is 5.96. The molecule has 6 nitrogen and oxygen atoms in total. The smallest absolute Gasteiger partial charge is 0.229 e. The van der Waals surface area contributed by atoms with Crippen LogP contribution >= 0.6 is 0 Å². The molecule has 1 saturated carbocycles. The molecule has 1 aromatic carbocycles. The van der Waals surface area contributed by atoms with Gasteiger partial charge in [0.05, 0.1) is 18.1 Å². The third kappa shape index (κ3) is 4.05. The van der Waals surface area contributed by atoms with Crippen LogP contribution in [0.3, 0.4) is 0 Å². The number of likely N-dealkylation sites (N-methyl/N-ethyl adjacent to an activating group) is 1. The highest BCUT2D eigenvalue weighted by Crippen LogP contribution is 2.52. The van der Waals surface area contributed by atoms with Gasteiger partial charge in [-0.05, 0) is 55.6 Å². The zero-order valence-corrected chi connectivity index (χ0v) is 21.1. The second kappa shape index (κ2) is 9.28. The monoisotopic (exact) mass is 484 g/mol. The first-order valence-corrected chi connectivity index (χ1v) is 13.1. The number of hydrogen-bond donors (Lipinski definition) is 1. The summed E-state index contributed by atoms with van der Waals surface area (Å²) in [6, 6.07) is 10.2. The standard InChI is InChI=1S/C29H33FN6/c1-3-35-12-14-36(15-13-35)23-8-9-26(31-18-23)33-28-32-19-25(30)27(34-28)22-7-6-21-16-20(2)29(24(21)17-22)10-4-5-11-29/h6-9,16-19H,3-5,10-15H2,1-2H3,(H,31,32,33,34). The summed E-state index contributed by atoms with van der Waals surface area (Å²) in [7, 11) is 0. The molecule has 0 radical (unpaired) electrons. The van der Waals surface area contributed by atoms with Gasteiger partial charge in [-0.2, -0.15) is 0 Å². The predicted octanol–water partition coefficient (Wildman–Crippen LogP) is 5.79. The van der Waals surface area contributed by atoms with Gasteiger partial charge in [-0.15, -0.1) is 0 Å². The molecular weight excluding hydrogens is 451 g/mol. The molecule has 0 bridgehead atoms. The summed E-state index contributed by atoms with van der Waals surface area (Å²) in [5.74, 6) is 0.564. The van der Waals surface area contributed by atoms with Crippen molar-refractivity contribution in [2.45, 2.75) is 44.9 Å². The Labute approximate surface area is 212 Å². The van der Waals surface area contributed by atoms with E-state index in [1.807, 2.05) is 18.3 Å². The quantitative estimate of drug-likeness (QED) is 0.495. The molecule has 1 spiro atoms. The van der Waals surface area contributed by atoms with Crippen molar-refractivity contribution < 1.29 is 4.39 Å². The zero-order chi connectivity index (χ0) is 24.7. The van der Waals surface area contributed by atoms with E-state index in [2.05, 4.69) is 68.2 Å². The number of nitrogens with one attached hydrogen (secondary N) is 1. The van der Waals surface area contributed by atoms with Gasteiger partial charge in [0.15, 0.2) is 5.82 Å². The van der Waals surface area contributed by atoms with Crippen LogP contribution in [0.2, 0.25) is 0 Å². The van der Waals surface area contributed by atoms with Crippen LogP contribution in [0.5, 0.6) is 0 Å². The van der Waals surface area contributed by atoms with Gasteiger partial charge in [0.25, 0.3) is 0 Å². The number of nitrogens with zero attached hydrogens (tertiary/aromatic N) is 5. The Morgan fingerprint density at radius 1 is 1.00 bits per heavy atom. The highest BCUT2D eigenvalue weighted by atomic mass is 19.1. The number of rotatable bonds is 5. The van der Waals surface area contributed by atoms with E-state index in [9.17, 15) is 4.39 Å². The first-order chi connectivity index (χ1) is 17.6. The molecule has 3 heterocycles. The molecule has 2 aromatic heterocycles. The molecule has 1 saturated heterocycles. The lowest BCUT2D eigenvalue weighted by molar-refractivity contribution is 0.271. The van der Waals surface area contributed by atoms with E-state index in [4.69, 9.17) is 0 Å². The van der Waals surface area contributed by atoms with Crippen molar-refractivity contribution in [3.8, 4) is 11.3 Å². The number of anilines is 3. The maximum absolute atomic E-state index is 14.9. The fourth-order valence-corrected chi connectivity index (χ4v) is 6.18. The Morgan fingerprint density at radius 3 is 2.53 bits per heavy atom. The molecule has 3 aliphatic rings. The third-order valence-electron chi connectivity index (χ3n) is 8.34. The predicted molar refractivity (Wildman–Crippen MR) is 143 cm³/mol. The van der Waals surface area contributed by atoms with Gasteiger partial charge in [0, 0.05) is 37.2 Å². The first-order valence-electron chi connectivity index (χ1n) is 13.1. The SMILES string of the molecule is CCN1CCN(c2ccc(Nc3ncc(F)c(-c4ccc5c(c4)C4(CCCC4)C(C)=C5)n3)nc2)CC1. The minimum atomic E-state index is -0.418. The van der Waals surface area contributed by atoms with E-state index in [0.717, 1.165) is 44.0 Å². The van der Waals surface area contributed by atoms with E-state index < -0.39 is 5.82 Å². The normalized spacial score (nSPS) is 19.0. The van der Waals surface area contributed by atoms with E-state index in [-0.39, 0.29) is 5.41 Å². The minimum Gasteiger partial charge on any atom is -0.368 e. The van der Waals surface area contributed by atoms with Gasteiger partial charge in [-0.25, -0.2) is 19.3 Å². The molecule has 7 heteroatoms. The topological polar surface area (TPSA) is 57.2 Å². The lowest BCUT2D eigenvalue weighted by Gasteiger charge is -2.35. The molecular formula is C29H33FN6. The summed E-state index contributed by atoms with van der Waals surface area (Å²) >= 11 is 0. The minimum absolute atomic E-state index is 0.116. The molecule has 3 aromatic rings. The lowest BCUT2D eigenvalue weighted by atomic mass is 9.76. The third-order valence-corrected chi connectivity index (χ3v) is 8.34. The summed E-state index contributed by atoms with van der Waals surface area (Å²) in [4.78, 5) is 18.1. The second-order valence-electron chi connectivity index (χ2n) is 10.3. The maximum Gasteiger partial charge on any atom is 0.229 e. The molecule has 2 fully saturated rings. The van der Waals surface area contributed by atoms with Crippen LogP contribution in [0.15, 0.2) is 48.3 Å². The molecule has 186 valence electrons. The van der Waals surface area contributed by atoms with Gasteiger partial charge in [-0.3, -0.25) is 0 Å². The van der Waals surface area contributed by atoms with Crippen LogP contribution in [-0.4, -0.2) is 52.6 Å². The first kappa shape index (κ1) is 23.1. The molecule has 2 aliphatic carbocycles. The van der Waals surface area contributed by atoms with Crippen LogP contribution in [0, 0.1) is 5.82 Å². The van der Waals surface area contributed by atoms with Crippen LogP contribution in [0.25, 0.3) is 17.3 Å². The number of aromatic nitrogens is 3. The largest absolute Gasteiger partial charge is 0.368 e. The highest BCUT2D eigenvalue weighted by Gasteiger charge is 2.41. The average Bonchev–Trinajstić information content (AvgIpc) is 3.51. The molecule has 36 heavy (non-hydrogen) atoms. The summed E-state index contributed by atoms with van der Waals surface area (Å²) in [5.41, 5.74) is 6.34. The number of allylic oxidation sites excluding steroid dienone is 1. The number of pyridine rings is 1. The van der Waals surface area contributed by atoms with Crippen molar-refractivity contribution in [3.05, 3.63) is 65.2 Å². The van der Waals surface area contributed by atoms with E-state index in [1.165, 1.54) is 48.6 Å². The van der Waals surface area contributed by atoms with Crippen molar-refractivity contribution in [1.82, 2.24) is 19.9 Å². The summed E-state index contributed by atoms with van der Waals surface area (Å²) < 4.78 is 14.9. The van der Waals surface area contributed by atoms with E-state index >= 15 is 0 Å². The molecule has 0 atom stereocenters. The number of hydrogen-bond acceptors (Lipinski definition) is 6. The number of piperazine rings is 1. The van der Waals surface area contributed by atoms with Gasteiger partial charge >= 0.3 is 0 Å². The van der Waals surface area contributed by atoms with Crippen LogP contribution < -0.4 is 10.2 Å². The Balaban J connectivity index is 1.22. The fourth-order valence-electron chi connectivity index (χ4n) is 6.18. The molecule has 1 aliphatic heterocycles. The lowest BCUT2D eigenvalue weighted by Crippen LogP contribution is -2.46. The van der Waals surface area contributed by atoms with E-state index in [0.29, 0.717) is 17.5 Å². The van der Waals surface area contributed by atoms with Gasteiger partial charge < -0.3 is 15.1 Å². The summed E-state index contributed by atoms with van der Waals surface area (Å²) in [6.45, 7) is 9.69. The zero-order valence-electron chi connectivity index (χ0n) is 21.1. The molecule has 1 N–H and O–H groups in total. The van der Waals surface area contributed by atoms with Crippen molar-refractivity contribution in [3.63, 3.8) is 0 Å². The van der Waals surface area contributed by atoms with Crippen LogP contribution in [0.4, 0.5) is 21.8 Å². The highest BCUT2D eigenvalue weighted by molar-refractivity contribution is 5.74. The average molecular weight is 485 g/mol. The second-order valence-corrected chi connectivity index (χ2v) is 10.3. The number of halogens is 1. The van der Waals surface area contributed by atoms with Crippen LogP contribution in [-0.2, 0) is 5.41 Å². The van der Waals surface area contributed by atoms with Crippen LogP contribution in [0.1, 0.15) is 50.7 Å². The van der Waals surface area contributed by atoms with Crippen molar-refractivity contribution >= 4 is 23.5 Å². The van der Waals surface area contributed by atoms with Crippen molar-refractivity contribution in [2.75, 3.05) is 42.9 Å².